The van der Waals surface area contributed by atoms with Crippen molar-refractivity contribution in [2.45, 2.75) is 19.3 Å². The first-order valence-corrected chi connectivity index (χ1v) is 5.97. The number of nitrogens with one attached hydrogen (secondary N) is 2. The quantitative estimate of drug-likeness (QED) is 0.818. The van der Waals surface area contributed by atoms with Gasteiger partial charge in [0.25, 0.3) is 0 Å². The van der Waals surface area contributed by atoms with E-state index in [-0.39, 0.29) is 5.28 Å². The number of hydrogen-bond acceptors (Lipinski definition) is 4. The van der Waals surface area contributed by atoms with Crippen molar-refractivity contribution in [3.05, 3.63) is 29.3 Å². The van der Waals surface area contributed by atoms with Gasteiger partial charge >= 0.3 is 0 Å². The summed E-state index contributed by atoms with van der Waals surface area (Å²) in [6.07, 6.45) is 5.36. The molecule has 0 amide bonds. The standard InChI is InChI=1S/C11H12ClN5/c12-11-13-4-3-9(15-11)14-10-6-8(16-17-10)5-7-1-2-7/h3-4,6-7H,1-2,5H2,(H2,13,14,15,16,17). The minimum atomic E-state index is 0.226. The molecule has 88 valence electrons. The van der Waals surface area contributed by atoms with Gasteiger partial charge in [-0.05, 0) is 42.8 Å². The molecule has 2 heterocycles. The van der Waals surface area contributed by atoms with Gasteiger partial charge in [0.15, 0.2) is 5.82 Å². The molecule has 6 heteroatoms. The molecule has 0 saturated heterocycles. The molecule has 0 spiro atoms. The first-order valence-electron chi connectivity index (χ1n) is 5.59. The Bertz CT molecular complexity index is 520. The third-order valence-corrected chi connectivity index (χ3v) is 2.90. The predicted molar refractivity (Wildman–Crippen MR) is 65.3 cm³/mol. The summed E-state index contributed by atoms with van der Waals surface area (Å²) in [4.78, 5) is 7.86. The average molecular weight is 250 g/mol. The van der Waals surface area contributed by atoms with Crippen LogP contribution in [0.1, 0.15) is 18.5 Å². The van der Waals surface area contributed by atoms with Gasteiger partial charge in [-0.15, -0.1) is 0 Å². The van der Waals surface area contributed by atoms with Gasteiger partial charge in [0, 0.05) is 18.0 Å². The lowest BCUT2D eigenvalue weighted by Gasteiger charge is -2.00. The monoisotopic (exact) mass is 249 g/mol. The largest absolute Gasteiger partial charge is 0.323 e. The summed E-state index contributed by atoms with van der Waals surface area (Å²) in [5.74, 6) is 2.25. The van der Waals surface area contributed by atoms with Crippen LogP contribution in [0.2, 0.25) is 5.28 Å². The lowest BCUT2D eigenvalue weighted by atomic mass is 10.2. The van der Waals surface area contributed by atoms with E-state index in [1.807, 2.05) is 6.07 Å². The maximum atomic E-state index is 5.70. The molecule has 2 N–H and O–H groups in total. The van der Waals surface area contributed by atoms with Crippen LogP contribution in [0, 0.1) is 5.92 Å². The van der Waals surface area contributed by atoms with Crippen molar-refractivity contribution in [1.82, 2.24) is 20.2 Å². The molecular weight excluding hydrogens is 238 g/mol. The number of rotatable bonds is 4. The van der Waals surface area contributed by atoms with Crippen LogP contribution in [0.15, 0.2) is 18.3 Å². The zero-order chi connectivity index (χ0) is 11.7. The molecule has 1 aliphatic carbocycles. The highest BCUT2D eigenvalue weighted by molar-refractivity contribution is 6.28. The van der Waals surface area contributed by atoms with Crippen LogP contribution in [-0.4, -0.2) is 20.2 Å². The molecule has 0 radical (unpaired) electrons. The molecule has 0 atom stereocenters. The molecule has 0 bridgehead atoms. The van der Waals surface area contributed by atoms with Crippen LogP contribution in [0.5, 0.6) is 0 Å². The Kier molecular flexibility index (Phi) is 2.68. The van der Waals surface area contributed by atoms with Crippen molar-refractivity contribution in [2.24, 2.45) is 5.92 Å². The van der Waals surface area contributed by atoms with E-state index in [0.29, 0.717) is 5.82 Å². The summed E-state index contributed by atoms with van der Waals surface area (Å²) >= 11 is 5.70. The van der Waals surface area contributed by atoms with Gasteiger partial charge in [0.05, 0.1) is 0 Å². The number of nitrogens with zero attached hydrogens (tertiary/aromatic N) is 3. The number of anilines is 2. The summed E-state index contributed by atoms with van der Waals surface area (Å²) in [5, 5.41) is 10.5. The molecular formula is C11H12ClN5. The minimum absolute atomic E-state index is 0.226. The fourth-order valence-corrected chi connectivity index (χ4v) is 1.85. The van der Waals surface area contributed by atoms with E-state index in [1.165, 1.54) is 12.8 Å². The number of H-pyrrole nitrogens is 1. The van der Waals surface area contributed by atoms with Crippen LogP contribution >= 0.6 is 11.6 Å². The minimum Gasteiger partial charge on any atom is -0.323 e. The van der Waals surface area contributed by atoms with Gasteiger partial charge in [0.2, 0.25) is 5.28 Å². The zero-order valence-corrected chi connectivity index (χ0v) is 9.91. The Morgan fingerprint density at radius 2 is 2.29 bits per heavy atom. The molecule has 1 saturated carbocycles. The molecule has 0 aromatic carbocycles. The van der Waals surface area contributed by atoms with Crippen molar-refractivity contribution in [2.75, 3.05) is 5.32 Å². The number of halogens is 1. The second kappa shape index (κ2) is 4.33. The highest BCUT2D eigenvalue weighted by Crippen LogP contribution is 2.32. The van der Waals surface area contributed by atoms with E-state index >= 15 is 0 Å². The molecule has 5 nitrogen and oxygen atoms in total. The Labute approximate surface area is 104 Å². The second-order valence-corrected chi connectivity index (χ2v) is 4.60. The normalized spacial score (nSPS) is 14.9. The highest BCUT2D eigenvalue weighted by atomic mass is 35.5. The molecule has 2 aromatic heterocycles. The van der Waals surface area contributed by atoms with Crippen LogP contribution < -0.4 is 5.32 Å². The van der Waals surface area contributed by atoms with Gasteiger partial charge in [0.1, 0.15) is 5.82 Å². The Hall–Kier alpha value is -1.62. The number of hydrogen-bond donors (Lipinski definition) is 2. The lowest BCUT2D eigenvalue weighted by Crippen LogP contribution is -1.94. The number of aromatic nitrogens is 4. The van der Waals surface area contributed by atoms with Crippen LogP contribution in [-0.2, 0) is 6.42 Å². The third kappa shape index (κ3) is 2.74. The topological polar surface area (TPSA) is 66.5 Å². The predicted octanol–water partition coefficient (Wildman–Crippen LogP) is 2.55. The molecule has 1 fully saturated rings. The molecule has 0 unspecified atom stereocenters. The van der Waals surface area contributed by atoms with Crippen LogP contribution in [0.3, 0.4) is 0 Å². The lowest BCUT2D eigenvalue weighted by molar-refractivity contribution is 0.796. The van der Waals surface area contributed by atoms with E-state index in [1.54, 1.807) is 12.3 Å². The van der Waals surface area contributed by atoms with Gasteiger partial charge < -0.3 is 5.32 Å². The van der Waals surface area contributed by atoms with Gasteiger partial charge in [-0.3, -0.25) is 5.10 Å². The van der Waals surface area contributed by atoms with Crippen molar-refractivity contribution < 1.29 is 0 Å². The van der Waals surface area contributed by atoms with Gasteiger partial charge in [-0.1, -0.05) is 0 Å². The van der Waals surface area contributed by atoms with Crippen molar-refractivity contribution in [3.8, 4) is 0 Å². The fourth-order valence-electron chi connectivity index (χ4n) is 1.70. The maximum Gasteiger partial charge on any atom is 0.224 e. The maximum absolute atomic E-state index is 5.70. The van der Waals surface area contributed by atoms with E-state index in [2.05, 4.69) is 25.5 Å². The summed E-state index contributed by atoms with van der Waals surface area (Å²) < 4.78 is 0. The van der Waals surface area contributed by atoms with Crippen molar-refractivity contribution >= 4 is 23.2 Å². The molecule has 0 aliphatic heterocycles. The van der Waals surface area contributed by atoms with Crippen molar-refractivity contribution in [3.63, 3.8) is 0 Å². The van der Waals surface area contributed by atoms with E-state index in [4.69, 9.17) is 11.6 Å². The highest BCUT2D eigenvalue weighted by Gasteiger charge is 2.22. The molecule has 3 rings (SSSR count). The first kappa shape index (κ1) is 10.5. The van der Waals surface area contributed by atoms with Crippen LogP contribution in [0.4, 0.5) is 11.6 Å². The molecule has 17 heavy (non-hydrogen) atoms. The van der Waals surface area contributed by atoms with Crippen LogP contribution in [0.25, 0.3) is 0 Å². The summed E-state index contributed by atoms with van der Waals surface area (Å²) in [5.41, 5.74) is 1.16. The smallest absolute Gasteiger partial charge is 0.224 e. The summed E-state index contributed by atoms with van der Waals surface area (Å²) in [6.45, 7) is 0. The number of aromatic amines is 1. The molecule has 2 aromatic rings. The SMILES string of the molecule is Clc1nccc(Nc2cc(CC3CC3)[nH]n2)n1. The Morgan fingerprint density at radius 3 is 3.06 bits per heavy atom. The van der Waals surface area contributed by atoms with Gasteiger partial charge in [-0.2, -0.15) is 5.10 Å². The summed E-state index contributed by atoms with van der Waals surface area (Å²) in [7, 11) is 0. The summed E-state index contributed by atoms with van der Waals surface area (Å²) in [6, 6.07) is 3.76. The van der Waals surface area contributed by atoms with E-state index < -0.39 is 0 Å². The first-order chi connectivity index (χ1) is 8.29. The zero-order valence-electron chi connectivity index (χ0n) is 9.15. The third-order valence-electron chi connectivity index (χ3n) is 2.72. The van der Waals surface area contributed by atoms with Crippen molar-refractivity contribution in [1.29, 1.82) is 0 Å². The Morgan fingerprint density at radius 1 is 1.41 bits per heavy atom. The van der Waals surface area contributed by atoms with E-state index in [9.17, 15) is 0 Å². The van der Waals surface area contributed by atoms with Gasteiger partial charge in [-0.25, -0.2) is 9.97 Å². The average Bonchev–Trinajstić information content (AvgIpc) is 2.99. The second-order valence-electron chi connectivity index (χ2n) is 4.26. The fraction of sp³-hybridized carbons (Fsp3) is 0.364. The van der Waals surface area contributed by atoms with E-state index in [0.717, 1.165) is 23.9 Å². The molecule has 1 aliphatic rings. The Balaban J connectivity index is 1.69.